The molecular formula is C25H22N4O5. The van der Waals surface area contributed by atoms with Crippen LogP contribution in [0, 0.1) is 0 Å². The summed E-state index contributed by atoms with van der Waals surface area (Å²) in [5, 5.41) is 0.428. The maximum Gasteiger partial charge on any atom is 0.329 e. The minimum Gasteiger partial charge on any atom is -0.472 e. The number of para-hydroxylation sites is 1. The van der Waals surface area contributed by atoms with Crippen LogP contribution in [-0.4, -0.2) is 57.3 Å². The Bertz CT molecular complexity index is 1480. The Morgan fingerprint density at radius 2 is 1.56 bits per heavy atom. The summed E-state index contributed by atoms with van der Waals surface area (Å²) in [6.45, 7) is 1.94. The van der Waals surface area contributed by atoms with Gasteiger partial charge in [0.05, 0.1) is 29.3 Å². The van der Waals surface area contributed by atoms with E-state index in [0.29, 0.717) is 48.2 Å². The highest BCUT2D eigenvalue weighted by atomic mass is 16.3. The van der Waals surface area contributed by atoms with E-state index in [1.165, 1.54) is 17.1 Å². The van der Waals surface area contributed by atoms with Crippen molar-refractivity contribution in [2.24, 2.45) is 0 Å². The predicted molar refractivity (Wildman–Crippen MR) is 125 cm³/mol. The van der Waals surface area contributed by atoms with Gasteiger partial charge in [0.1, 0.15) is 6.26 Å². The monoisotopic (exact) mass is 458 g/mol. The third-order valence-corrected chi connectivity index (χ3v) is 6.04. The van der Waals surface area contributed by atoms with Gasteiger partial charge >= 0.3 is 5.69 Å². The molecule has 1 aliphatic heterocycles. The number of hydrogen-bond acceptors (Lipinski definition) is 5. The summed E-state index contributed by atoms with van der Waals surface area (Å²) >= 11 is 0. The Balaban J connectivity index is 1.32. The van der Waals surface area contributed by atoms with Crippen LogP contribution >= 0.6 is 0 Å². The lowest BCUT2D eigenvalue weighted by molar-refractivity contribution is 0.0535. The molecule has 0 bridgehead atoms. The summed E-state index contributed by atoms with van der Waals surface area (Å²) in [5.41, 5.74) is 1.38. The average molecular weight is 458 g/mol. The Morgan fingerprint density at radius 1 is 0.853 bits per heavy atom. The molecule has 0 atom stereocenters. The van der Waals surface area contributed by atoms with Gasteiger partial charge in [-0.3, -0.25) is 23.9 Å². The Kier molecular flexibility index (Phi) is 5.59. The van der Waals surface area contributed by atoms with Gasteiger partial charge in [0.2, 0.25) is 0 Å². The second-order valence-electron chi connectivity index (χ2n) is 8.16. The van der Waals surface area contributed by atoms with Crippen molar-refractivity contribution in [1.82, 2.24) is 19.4 Å². The van der Waals surface area contributed by atoms with Crippen LogP contribution in [0.4, 0.5) is 0 Å². The predicted octanol–water partition coefficient (Wildman–Crippen LogP) is 1.93. The third kappa shape index (κ3) is 4.03. The third-order valence-electron chi connectivity index (χ3n) is 6.04. The molecule has 0 saturated carbocycles. The van der Waals surface area contributed by atoms with Crippen molar-refractivity contribution in [3.05, 3.63) is 105 Å². The van der Waals surface area contributed by atoms with Gasteiger partial charge < -0.3 is 14.2 Å². The zero-order valence-corrected chi connectivity index (χ0v) is 18.3. The van der Waals surface area contributed by atoms with E-state index in [-0.39, 0.29) is 18.4 Å². The number of H-pyrrole nitrogens is 1. The number of fused-ring (bicyclic) bond motifs is 1. The number of hydrogen-bond donors (Lipinski definition) is 1. The molecule has 172 valence electrons. The molecule has 0 aliphatic carbocycles. The molecule has 2 amide bonds. The second kappa shape index (κ2) is 8.86. The lowest BCUT2D eigenvalue weighted by atomic mass is 10.1. The van der Waals surface area contributed by atoms with Gasteiger partial charge in [0, 0.05) is 31.7 Å². The van der Waals surface area contributed by atoms with Crippen molar-refractivity contribution < 1.29 is 14.0 Å². The number of aromatic nitrogens is 2. The van der Waals surface area contributed by atoms with Crippen molar-refractivity contribution in [2.45, 2.75) is 6.54 Å². The lowest BCUT2D eigenvalue weighted by Gasteiger charge is -2.34. The molecule has 2 aromatic heterocycles. The number of nitrogens with zero attached hydrogens (tertiary/aromatic N) is 3. The fraction of sp³-hybridized carbons (Fsp3) is 0.200. The first kappa shape index (κ1) is 21.4. The minimum absolute atomic E-state index is 0.110. The normalized spacial score (nSPS) is 13.9. The molecule has 5 rings (SSSR count). The van der Waals surface area contributed by atoms with Crippen LogP contribution in [0.1, 0.15) is 26.3 Å². The van der Waals surface area contributed by atoms with Crippen molar-refractivity contribution in [2.75, 3.05) is 26.2 Å². The van der Waals surface area contributed by atoms with Gasteiger partial charge in [-0.1, -0.05) is 24.3 Å². The van der Waals surface area contributed by atoms with Gasteiger partial charge in [-0.05, 0) is 35.9 Å². The molecule has 9 nitrogen and oxygen atoms in total. The van der Waals surface area contributed by atoms with E-state index in [2.05, 4.69) is 4.98 Å². The van der Waals surface area contributed by atoms with Gasteiger partial charge in [-0.2, -0.15) is 0 Å². The highest BCUT2D eigenvalue weighted by molar-refractivity contribution is 5.96. The number of carbonyl (C=O) groups excluding carboxylic acids is 2. The van der Waals surface area contributed by atoms with Crippen LogP contribution in [0.3, 0.4) is 0 Å². The second-order valence-corrected chi connectivity index (χ2v) is 8.16. The highest BCUT2D eigenvalue weighted by Crippen LogP contribution is 2.15. The van der Waals surface area contributed by atoms with E-state index in [9.17, 15) is 19.2 Å². The summed E-state index contributed by atoms with van der Waals surface area (Å²) in [7, 11) is 0. The first-order valence-corrected chi connectivity index (χ1v) is 10.9. The lowest BCUT2D eigenvalue weighted by Crippen LogP contribution is -2.50. The smallest absolute Gasteiger partial charge is 0.329 e. The molecule has 9 heteroatoms. The zero-order chi connectivity index (χ0) is 23.7. The zero-order valence-electron chi connectivity index (χ0n) is 18.3. The van der Waals surface area contributed by atoms with E-state index < -0.39 is 11.2 Å². The number of nitrogens with one attached hydrogen (secondary N) is 1. The van der Waals surface area contributed by atoms with Crippen molar-refractivity contribution in [1.29, 1.82) is 0 Å². The Hall–Kier alpha value is -4.40. The van der Waals surface area contributed by atoms with E-state index in [4.69, 9.17) is 4.42 Å². The maximum absolute atomic E-state index is 13.1. The SMILES string of the molecule is O=C(c1ccoc1)N1CCN(C(=O)c2cccc(Cn3c(=O)[nH]c(=O)c4ccccc43)c2)CC1. The fourth-order valence-electron chi connectivity index (χ4n) is 4.25. The van der Waals surface area contributed by atoms with Crippen molar-refractivity contribution in [3.63, 3.8) is 0 Å². The summed E-state index contributed by atoms with van der Waals surface area (Å²) in [4.78, 5) is 56.0. The molecule has 2 aromatic carbocycles. The molecule has 0 radical (unpaired) electrons. The van der Waals surface area contributed by atoms with Crippen LogP contribution in [0.25, 0.3) is 10.9 Å². The van der Waals surface area contributed by atoms with Gasteiger partial charge in [0.15, 0.2) is 0 Å². The fourth-order valence-corrected chi connectivity index (χ4v) is 4.25. The molecule has 1 saturated heterocycles. The van der Waals surface area contributed by atoms with E-state index >= 15 is 0 Å². The van der Waals surface area contributed by atoms with E-state index in [0.717, 1.165) is 5.56 Å². The number of benzene rings is 2. The van der Waals surface area contributed by atoms with Crippen LogP contribution in [-0.2, 0) is 6.54 Å². The standard InChI is InChI=1S/C25H22N4O5/c30-22-20-6-1-2-7-21(20)29(25(33)26-22)15-17-4-3-5-18(14-17)23(31)27-9-11-28(12-10-27)24(32)19-8-13-34-16-19/h1-8,13-14,16H,9-12,15H2,(H,26,30,33). The van der Waals surface area contributed by atoms with Crippen molar-refractivity contribution >= 4 is 22.7 Å². The minimum atomic E-state index is -0.501. The Labute approximate surface area is 193 Å². The largest absolute Gasteiger partial charge is 0.472 e. The van der Waals surface area contributed by atoms with Crippen molar-refractivity contribution in [3.8, 4) is 0 Å². The molecule has 1 fully saturated rings. The van der Waals surface area contributed by atoms with Crippen LogP contribution in [0.15, 0.2) is 81.1 Å². The number of furan rings is 1. The molecule has 0 unspecified atom stereocenters. The van der Waals surface area contributed by atoms with E-state index in [1.807, 2.05) is 6.07 Å². The quantitative estimate of drug-likeness (QED) is 0.503. The molecule has 1 aliphatic rings. The van der Waals surface area contributed by atoms with Crippen LogP contribution in [0.5, 0.6) is 0 Å². The summed E-state index contributed by atoms with van der Waals surface area (Å²) in [6, 6.07) is 15.7. The number of aromatic amines is 1. The first-order valence-electron chi connectivity index (χ1n) is 10.9. The molecule has 0 spiro atoms. The summed E-state index contributed by atoms with van der Waals surface area (Å²) in [6.07, 6.45) is 2.88. The van der Waals surface area contributed by atoms with Gasteiger partial charge in [-0.15, -0.1) is 0 Å². The first-order chi connectivity index (χ1) is 16.5. The topological polar surface area (TPSA) is 109 Å². The van der Waals surface area contributed by atoms with Crippen LogP contribution in [0.2, 0.25) is 0 Å². The van der Waals surface area contributed by atoms with Gasteiger partial charge in [-0.25, -0.2) is 4.79 Å². The summed E-state index contributed by atoms with van der Waals surface area (Å²) in [5.74, 6) is -0.239. The molecule has 34 heavy (non-hydrogen) atoms. The maximum atomic E-state index is 13.1. The van der Waals surface area contributed by atoms with Crippen LogP contribution < -0.4 is 11.2 Å². The molecule has 4 aromatic rings. The van der Waals surface area contributed by atoms with Gasteiger partial charge in [0.25, 0.3) is 17.4 Å². The number of piperazine rings is 1. The molecule has 3 heterocycles. The highest BCUT2D eigenvalue weighted by Gasteiger charge is 2.26. The number of rotatable bonds is 4. The number of carbonyl (C=O) groups is 2. The average Bonchev–Trinajstić information content (AvgIpc) is 3.41. The summed E-state index contributed by atoms with van der Waals surface area (Å²) < 4.78 is 6.47. The Morgan fingerprint density at radius 3 is 2.26 bits per heavy atom. The van der Waals surface area contributed by atoms with E-state index in [1.54, 1.807) is 58.3 Å². The number of amides is 2. The molecular weight excluding hydrogens is 436 g/mol. The molecule has 1 N–H and O–H groups in total.